The van der Waals surface area contributed by atoms with Gasteiger partial charge in [-0.25, -0.2) is 9.97 Å². The van der Waals surface area contributed by atoms with Crippen molar-refractivity contribution < 1.29 is 0 Å². The van der Waals surface area contributed by atoms with Crippen LogP contribution in [-0.4, -0.2) is 9.97 Å². The van der Waals surface area contributed by atoms with Crippen molar-refractivity contribution in [3.05, 3.63) is 47.3 Å². The third-order valence-corrected chi connectivity index (χ3v) is 6.33. The van der Waals surface area contributed by atoms with E-state index < -0.39 is 0 Å². The van der Waals surface area contributed by atoms with Crippen LogP contribution in [0.3, 0.4) is 0 Å². The molecule has 0 N–H and O–H groups in total. The second-order valence-electron chi connectivity index (χ2n) is 8.52. The van der Waals surface area contributed by atoms with Crippen molar-refractivity contribution in [2.45, 2.75) is 85.0 Å². The molecule has 1 aromatic carbocycles. The Labute approximate surface area is 165 Å². The van der Waals surface area contributed by atoms with Gasteiger partial charge in [-0.1, -0.05) is 70.9 Å². The Morgan fingerprint density at radius 3 is 2.11 bits per heavy atom. The Morgan fingerprint density at radius 1 is 0.852 bits per heavy atom. The van der Waals surface area contributed by atoms with Gasteiger partial charge in [-0.3, -0.25) is 0 Å². The first-order valence-electron chi connectivity index (χ1n) is 11.1. The minimum absolute atomic E-state index is 0.846. The van der Waals surface area contributed by atoms with E-state index in [2.05, 4.69) is 48.9 Å². The molecule has 146 valence electrons. The van der Waals surface area contributed by atoms with E-state index in [-0.39, 0.29) is 0 Å². The van der Waals surface area contributed by atoms with Crippen molar-refractivity contribution in [2.24, 2.45) is 11.8 Å². The summed E-state index contributed by atoms with van der Waals surface area (Å²) in [7, 11) is 0. The molecule has 27 heavy (non-hydrogen) atoms. The molecule has 3 rings (SSSR count). The average Bonchev–Trinajstić information content (AvgIpc) is 2.69. The first kappa shape index (κ1) is 20.0. The minimum Gasteiger partial charge on any atom is -0.236 e. The molecule has 0 bridgehead atoms. The molecule has 2 heteroatoms. The van der Waals surface area contributed by atoms with Gasteiger partial charge < -0.3 is 0 Å². The highest BCUT2D eigenvalue weighted by molar-refractivity contribution is 5.57. The fourth-order valence-electron chi connectivity index (χ4n) is 4.61. The largest absolute Gasteiger partial charge is 0.236 e. The predicted octanol–water partition coefficient (Wildman–Crippen LogP) is 6.94. The molecule has 0 aliphatic heterocycles. The van der Waals surface area contributed by atoms with Gasteiger partial charge in [0, 0.05) is 18.0 Å². The summed E-state index contributed by atoms with van der Waals surface area (Å²) in [4.78, 5) is 9.14. The van der Waals surface area contributed by atoms with Crippen molar-refractivity contribution in [3.8, 4) is 11.4 Å². The van der Waals surface area contributed by atoms with Gasteiger partial charge in [0.2, 0.25) is 0 Å². The second kappa shape index (κ2) is 10.0. The lowest BCUT2D eigenvalue weighted by molar-refractivity contribution is 0.252. The zero-order valence-electron chi connectivity index (χ0n) is 17.5. The lowest BCUT2D eigenvalue weighted by Gasteiger charge is -2.28. The first-order chi connectivity index (χ1) is 13.2. The third-order valence-electron chi connectivity index (χ3n) is 6.33. The van der Waals surface area contributed by atoms with Crippen LogP contribution in [0.4, 0.5) is 0 Å². The van der Waals surface area contributed by atoms with E-state index in [1.807, 2.05) is 12.4 Å². The highest BCUT2D eigenvalue weighted by atomic mass is 14.9. The maximum absolute atomic E-state index is 4.57. The van der Waals surface area contributed by atoms with Crippen LogP contribution >= 0.6 is 0 Å². The van der Waals surface area contributed by atoms with Crippen molar-refractivity contribution in [3.63, 3.8) is 0 Å². The smallest absolute Gasteiger partial charge is 0.159 e. The van der Waals surface area contributed by atoms with Crippen LogP contribution in [0.5, 0.6) is 0 Å². The van der Waals surface area contributed by atoms with Crippen molar-refractivity contribution in [2.75, 3.05) is 0 Å². The van der Waals surface area contributed by atoms with Crippen LogP contribution in [0.25, 0.3) is 11.4 Å². The molecular formula is C25H36N2. The normalized spacial score (nSPS) is 20.0. The zero-order valence-corrected chi connectivity index (χ0v) is 17.5. The molecule has 0 amide bonds. The Bertz CT molecular complexity index is 697. The summed E-state index contributed by atoms with van der Waals surface area (Å²) in [6.45, 7) is 6.75. The maximum atomic E-state index is 4.57. The number of aryl methyl sites for hydroxylation is 3. The number of nitrogens with zero attached hydrogens (tertiary/aromatic N) is 2. The van der Waals surface area contributed by atoms with Crippen molar-refractivity contribution >= 4 is 0 Å². The molecule has 1 aromatic heterocycles. The number of benzene rings is 1. The molecule has 1 aliphatic rings. The van der Waals surface area contributed by atoms with E-state index >= 15 is 0 Å². The minimum atomic E-state index is 0.846. The molecule has 0 radical (unpaired) electrons. The van der Waals surface area contributed by atoms with E-state index in [4.69, 9.17) is 0 Å². The van der Waals surface area contributed by atoms with Gasteiger partial charge in [-0.15, -0.1) is 0 Å². The molecule has 1 aliphatic carbocycles. The van der Waals surface area contributed by atoms with E-state index in [1.165, 1.54) is 68.1 Å². The SMILES string of the molecule is CCCc1cnc(-c2ccc(CC[C@H]3CC[C@H](CCC)CC3)c(C)c2)nc1. The fraction of sp³-hybridized carbons (Fsp3) is 0.600. The van der Waals surface area contributed by atoms with Gasteiger partial charge in [0.05, 0.1) is 0 Å². The number of aromatic nitrogens is 2. The van der Waals surface area contributed by atoms with Gasteiger partial charge >= 0.3 is 0 Å². The van der Waals surface area contributed by atoms with Crippen LogP contribution in [0.2, 0.25) is 0 Å². The lowest BCUT2D eigenvalue weighted by atomic mass is 9.78. The summed E-state index contributed by atoms with van der Waals surface area (Å²) < 4.78 is 0. The molecule has 0 spiro atoms. The molecular weight excluding hydrogens is 328 g/mol. The van der Waals surface area contributed by atoms with Crippen LogP contribution in [-0.2, 0) is 12.8 Å². The summed E-state index contributed by atoms with van der Waals surface area (Å²) >= 11 is 0. The number of hydrogen-bond donors (Lipinski definition) is 0. The van der Waals surface area contributed by atoms with Gasteiger partial charge in [0.1, 0.15) is 0 Å². The molecule has 1 fully saturated rings. The highest BCUT2D eigenvalue weighted by Gasteiger charge is 2.20. The van der Waals surface area contributed by atoms with Gasteiger partial charge in [-0.05, 0) is 60.8 Å². The molecule has 0 saturated heterocycles. The van der Waals surface area contributed by atoms with Gasteiger partial charge in [0.15, 0.2) is 5.82 Å². The summed E-state index contributed by atoms with van der Waals surface area (Å²) in [5.41, 5.74) is 5.24. The Morgan fingerprint density at radius 2 is 1.52 bits per heavy atom. The van der Waals surface area contributed by atoms with E-state index in [0.717, 1.165) is 36.1 Å². The van der Waals surface area contributed by atoms with E-state index in [9.17, 15) is 0 Å². The Hall–Kier alpha value is -1.70. The molecule has 2 nitrogen and oxygen atoms in total. The van der Waals surface area contributed by atoms with E-state index in [0.29, 0.717) is 0 Å². The Kier molecular flexibility index (Phi) is 7.43. The monoisotopic (exact) mass is 364 g/mol. The summed E-state index contributed by atoms with van der Waals surface area (Å²) in [5.74, 6) is 2.79. The molecule has 0 unspecified atom stereocenters. The molecule has 1 heterocycles. The van der Waals surface area contributed by atoms with Gasteiger partial charge in [-0.2, -0.15) is 0 Å². The van der Waals surface area contributed by atoms with Crippen molar-refractivity contribution in [1.29, 1.82) is 0 Å². The first-order valence-corrected chi connectivity index (χ1v) is 11.1. The summed E-state index contributed by atoms with van der Waals surface area (Å²) in [6, 6.07) is 6.77. The van der Waals surface area contributed by atoms with E-state index in [1.54, 1.807) is 0 Å². The summed E-state index contributed by atoms with van der Waals surface area (Å²) in [5, 5.41) is 0. The standard InChI is InChI=1S/C25H36N2/c1-4-6-20-8-10-21(11-9-20)12-13-23-14-15-24(16-19(23)3)25-26-17-22(7-5-2)18-27-25/h14-18,20-21H,4-13H2,1-3H3/t20-,21-. The van der Waals surface area contributed by atoms with Crippen LogP contribution in [0.15, 0.2) is 30.6 Å². The molecule has 0 atom stereocenters. The number of hydrogen-bond acceptors (Lipinski definition) is 2. The third kappa shape index (κ3) is 5.64. The van der Waals surface area contributed by atoms with Crippen LogP contribution in [0, 0.1) is 18.8 Å². The topological polar surface area (TPSA) is 25.8 Å². The average molecular weight is 365 g/mol. The van der Waals surface area contributed by atoms with Crippen LogP contribution < -0.4 is 0 Å². The summed E-state index contributed by atoms with van der Waals surface area (Å²) in [6.07, 6.45) is 17.3. The maximum Gasteiger partial charge on any atom is 0.159 e. The zero-order chi connectivity index (χ0) is 19.1. The quantitative estimate of drug-likeness (QED) is 0.507. The molecule has 2 aromatic rings. The van der Waals surface area contributed by atoms with Gasteiger partial charge in [0.25, 0.3) is 0 Å². The number of rotatable bonds is 8. The Balaban J connectivity index is 1.55. The van der Waals surface area contributed by atoms with Crippen LogP contribution in [0.1, 0.15) is 81.9 Å². The van der Waals surface area contributed by atoms with Crippen molar-refractivity contribution in [1.82, 2.24) is 9.97 Å². The highest BCUT2D eigenvalue weighted by Crippen LogP contribution is 2.34. The fourth-order valence-corrected chi connectivity index (χ4v) is 4.61. The second-order valence-corrected chi connectivity index (χ2v) is 8.52. The molecule has 1 saturated carbocycles. The predicted molar refractivity (Wildman–Crippen MR) is 115 cm³/mol. The lowest BCUT2D eigenvalue weighted by Crippen LogP contribution is -2.15.